The van der Waals surface area contributed by atoms with Gasteiger partial charge >= 0.3 is 0 Å². The number of pyridine rings is 1. The van der Waals surface area contributed by atoms with E-state index in [0.29, 0.717) is 18.7 Å². The van der Waals surface area contributed by atoms with Crippen molar-refractivity contribution in [1.82, 2.24) is 4.98 Å². The Bertz CT molecular complexity index is 539. The maximum Gasteiger partial charge on any atom is 0.123 e. The van der Waals surface area contributed by atoms with E-state index in [1.165, 1.54) is 12.1 Å². The molecule has 1 N–H and O–H groups in total. The van der Waals surface area contributed by atoms with E-state index in [1.54, 1.807) is 18.3 Å². The van der Waals surface area contributed by atoms with Crippen molar-refractivity contribution in [1.29, 1.82) is 0 Å². The summed E-state index contributed by atoms with van der Waals surface area (Å²) in [6.45, 7) is 2.60. The number of rotatable bonds is 5. The fourth-order valence-electron chi connectivity index (χ4n) is 1.98. The number of benzene rings is 1. The minimum atomic E-state index is -0.508. The van der Waals surface area contributed by atoms with Crippen LogP contribution in [0.25, 0.3) is 0 Å². The summed E-state index contributed by atoms with van der Waals surface area (Å²) in [5, 5.41) is 9.71. The molecule has 0 saturated carbocycles. The average molecular weight is 274 g/mol. The van der Waals surface area contributed by atoms with Gasteiger partial charge in [-0.05, 0) is 36.2 Å². The molecule has 1 heterocycles. The van der Waals surface area contributed by atoms with Gasteiger partial charge in [-0.25, -0.2) is 4.39 Å². The molecular formula is C16H19FN2O. The van der Waals surface area contributed by atoms with Gasteiger partial charge < -0.3 is 10.0 Å². The van der Waals surface area contributed by atoms with E-state index >= 15 is 0 Å². The molecule has 3 nitrogen and oxygen atoms in total. The minimum absolute atomic E-state index is 0.226. The van der Waals surface area contributed by atoms with Crippen LogP contribution in [0.4, 0.5) is 10.1 Å². The van der Waals surface area contributed by atoms with Crippen molar-refractivity contribution in [2.45, 2.75) is 26.0 Å². The molecule has 1 aromatic carbocycles. The second kappa shape index (κ2) is 6.48. The van der Waals surface area contributed by atoms with Gasteiger partial charge in [0.1, 0.15) is 5.82 Å². The Kier molecular flexibility index (Phi) is 4.69. The predicted molar refractivity (Wildman–Crippen MR) is 78.0 cm³/mol. The highest BCUT2D eigenvalue weighted by molar-refractivity contribution is 5.44. The Morgan fingerprint density at radius 1 is 1.20 bits per heavy atom. The number of nitrogens with zero attached hydrogens (tertiary/aromatic N) is 2. The lowest BCUT2D eigenvalue weighted by atomic mass is 10.1. The monoisotopic (exact) mass is 274 g/mol. The molecule has 1 atom stereocenters. The fraction of sp³-hybridized carbons (Fsp3) is 0.312. The van der Waals surface area contributed by atoms with E-state index in [9.17, 15) is 9.50 Å². The SMILES string of the molecule is CC[C@@H](O)c1ccc(N(C)Cc2ccc(F)cc2)cn1. The molecule has 106 valence electrons. The summed E-state index contributed by atoms with van der Waals surface area (Å²) in [6, 6.07) is 10.2. The van der Waals surface area contributed by atoms with Crippen LogP contribution in [0, 0.1) is 5.82 Å². The van der Waals surface area contributed by atoms with Crippen LogP contribution in [0.5, 0.6) is 0 Å². The van der Waals surface area contributed by atoms with Gasteiger partial charge in [-0.1, -0.05) is 19.1 Å². The zero-order valence-corrected chi connectivity index (χ0v) is 11.8. The first-order chi connectivity index (χ1) is 9.60. The molecule has 0 aliphatic heterocycles. The molecule has 0 spiro atoms. The third kappa shape index (κ3) is 3.54. The smallest absolute Gasteiger partial charge is 0.123 e. The van der Waals surface area contributed by atoms with Crippen molar-refractivity contribution >= 4 is 5.69 Å². The molecule has 1 aromatic heterocycles. The largest absolute Gasteiger partial charge is 0.387 e. The van der Waals surface area contributed by atoms with E-state index in [-0.39, 0.29) is 5.82 Å². The standard InChI is InChI=1S/C16H19FN2O/c1-3-16(20)15-9-8-14(10-18-15)19(2)11-12-4-6-13(17)7-5-12/h4-10,16,20H,3,11H2,1-2H3/t16-/m1/s1. The van der Waals surface area contributed by atoms with Crippen LogP contribution in [0.1, 0.15) is 30.7 Å². The number of halogens is 1. The summed E-state index contributed by atoms with van der Waals surface area (Å²) >= 11 is 0. The van der Waals surface area contributed by atoms with Crippen LogP contribution < -0.4 is 4.90 Å². The van der Waals surface area contributed by atoms with Crippen molar-refractivity contribution in [2.75, 3.05) is 11.9 Å². The number of hydrogen-bond donors (Lipinski definition) is 1. The molecular weight excluding hydrogens is 255 g/mol. The van der Waals surface area contributed by atoms with Crippen LogP contribution in [-0.4, -0.2) is 17.1 Å². The second-order valence-electron chi connectivity index (χ2n) is 4.85. The molecule has 0 radical (unpaired) electrons. The number of aromatic nitrogens is 1. The third-order valence-corrected chi connectivity index (χ3v) is 3.27. The summed E-state index contributed by atoms with van der Waals surface area (Å²) < 4.78 is 12.9. The lowest BCUT2D eigenvalue weighted by molar-refractivity contribution is 0.169. The zero-order valence-electron chi connectivity index (χ0n) is 11.8. The summed E-state index contributed by atoms with van der Waals surface area (Å²) in [7, 11) is 1.95. The Balaban J connectivity index is 2.05. The Morgan fingerprint density at radius 2 is 1.90 bits per heavy atom. The van der Waals surface area contributed by atoms with Crippen LogP contribution in [0.3, 0.4) is 0 Å². The Hall–Kier alpha value is -1.94. The summed E-state index contributed by atoms with van der Waals surface area (Å²) in [4.78, 5) is 6.30. The molecule has 0 aliphatic carbocycles. The van der Waals surface area contributed by atoms with E-state index in [0.717, 1.165) is 11.3 Å². The first-order valence-corrected chi connectivity index (χ1v) is 6.69. The quantitative estimate of drug-likeness (QED) is 0.908. The average Bonchev–Trinajstić information content (AvgIpc) is 2.49. The van der Waals surface area contributed by atoms with Gasteiger partial charge in [-0.2, -0.15) is 0 Å². The second-order valence-corrected chi connectivity index (χ2v) is 4.85. The van der Waals surface area contributed by atoms with Gasteiger partial charge in [0, 0.05) is 13.6 Å². The van der Waals surface area contributed by atoms with Crippen molar-refractivity contribution in [3.8, 4) is 0 Å². The highest BCUT2D eigenvalue weighted by Gasteiger charge is 2.08. The molecule has 0 fully saturated rings. The van der Waals surface area contributed by atoms with Gasteiger partial charge in [0.2, 0.25) is 0 Å². The molecule has 0 unspecified atom stereocenters. The van der Waals surface area contributed by atoms with Gasteiger partial charge in [-0.3, -0.25) is 4.98 Å². The highest BCUT2D eigenvalue weighted by atomic mass is 19.1. The van der Waals surface area contributed by atoms with Gasteiger partial charge in [0.15, 0.2) is 0 Å². The Labute approximate surface area is 118 Å². The molecule has 2 aromatic rings. The first-order valence-electron chi connectivity index (χ1n) is 6.69. The topological polar surface area (TPSA) is 36.4 Å². The molecule has 2 rings (SSSR count). The van der Waals surface area contributed by atoms with Crippen LogP contribution >= 0.6 is 0 Å². The molecule has 20 heavy (non-hydrogen) atoms. The van der Waals surface area contributed by atoms with Crippen molar-refractivity contribution in [3.63, 3.8) is 0 Å². The molecule has 4 heteroatoms. The number of anilines is 1. The zero-order chi connectivity index (χ0) is 14.5. The lowest BCUT2D eigenvalue weighted by Crippen LogP contribution is -2.16. The predicted octanol–water partition coefficient (Wildman–Crippen LogP) is 3.30. The normalized spacial score (nSPS) is 12.2. The number of aliphatic hydroxyl groups excluding tert-OH is 1. The summed E-state index contributed by atoms with van der Waals surface area (Å²) in [6.07, 6.45) is 1.89. The van der Waals surface area contributed by atoms with Crippen molar-refractivity contribution < 1.29 is 9.50 Å². The summed E-state index contributed by atoms with van der Waals surface area (Å²) in [5.74, 6) is -0.226. The maximum absolute atomic E-state index is 12.9. The first kappa shape index (κ1) is 14.5. The van der Waals surface area contributed by atoms with E-state index in [4.69, 9.17) is 0 Å². The van der Waals surface area contributed by atoms with E-state index < -0.39 is 6.10 Å². The van der Waals surface area contributed by atoms with Crippen molar-refractivity contribution in [3.05, 3.63) is 59.7 Å². The third-order valence-electron chi connectivity index (χ3n) is 3.27. The number of aliphatic hydroxyl groups is 1. The van der Waals surface area contributed by atoms with Gasteiger partial charge in [-0.15, -0.1) is 0 Å². The summed E-state index contributed by atoms with van der Waals surface area (Å²) in [5.41, 5.74) is 2.68. The number of hydrogen-bond acceptors (Lipinski definition) is 3. The molecule has 0 amide bonds. The van der Waals surface area contributed by atoms with Gasteiger partial charge in [0.25, 0.3) is 0 Å². The van der Waals surface area contributed by atoms with E-state index in [1.807, 2.05) is 31.0 Å². The van der Waals surface area contributed by atoms with Crippen LogP contribution in [0.2, 0.25) is 0 Å². The molecule has 0 bridgehead atoms. The molecule has 0 aliphatic rings. The van der Waals surface area contributed by atoms with Crippen molar-refractivity contribution in [2.24, 2.45) is 0 Å². The van der Waals surface area contributed by atoms with E-state index in [2.05, 4.69) is 4.98 Å². The fourth-order valence-corrected chi connectivity index (χ4v) is 1.98. The lowest BCUT2D eigenvalue weighted by Gasteiger charge is -2.19. The van der Waals surface area contributed by atoms with Crippen LogP contribution in [-0.2, 0) is 6.54 Å². The van der Waals surface area contributed by atoms with Crippen LogP contribution in [0.15, 0.2) is 42.6 Å². The molecule has 0 saturated heterocycles. The highest BCUT2D eigenvalue weighted by Crippen LogP contribution is 2.19. The van der Waals surface area contributed by atoms with Gasteiger partial charge in [0.05, 0.1) is 23.7 Å². The Morgan fingerprint density at radius 3 is 2.45 bits per heavy atom. The minimum Gasteiger partial charge on any atom is -0.387 e. The maximum atomic E-state index is 12.9.